The molecule has 0 aliphatic carbocycles. The summed E-state index contributed by atoms with van der Waals surface area (Å²) < 4.78 is 10.7. The number of aromatic nitrogens is 1. The number of hydrogen-bond acceptors (Lipinski definition) is 4. The molecule has 1 unspecified atom stereocenters. The van der Waals surface area contributed by atoms with E-state index in [1.54, 1.807) is 0 Å². The van der Waals surface area contributed by atoms with E-state index in [1.165, 1.54) is 0 Å². The molecule has 0 amide bonds. The Kier molecular flexibility index (Phi) is 3.09. The first kappa shape index (κ1) is 12.0. The summed E-state index contributed by atoms with van der Waals surface area (Å²) in [6.45, 7) is 2.27. The van der Waals surface area contributed by atoms with Gasteiger partial charge in [-0.1, -0.05) is 6.07 Å². The van der Waals surface area contributed by atoms with Crippen molar-refractivity contribution >= 4 is 0 Å². The number of nitrogens with zero attached hydrogens (tertiary/aromatic N) is 1. The third-order valence-corrected chi connectivity index (χ3v) is 3.01. The van der Waals surface area contributed by atoms with E-state index in [9.17, 15) is 0 Å². The van der Waals surface area contributed by atoms with Gasteiger partial charge in [0.15, 0.2) is 11.5 Å². The number of nitrogens with two attached hydrogens (primary N) is 1. The van der Waals surface area contributed by atoms with Gasteiger partial charge in [0.2, 0.25) is 6.79 Å². The molecule has 1 aliphatic rings. The zero-order chi connectivity index (χ0) is 13.2. The van der Waals surface area contributed by atoms with Crippen LogP contribution in [0.2, 0.25) is 0 Å². The monoisotopic (exact) mass is 256 g/mol. The Balaban J connectivity index is 1.93. The highest BCUT2D eigenvalue weighted by atomic mass is 16.7. The molecule has 0 bridgehead atoms. The van der Waals surface area contributed by atoms with Gasteiger partial charge in [-0.25, -0.2) is 0 Å². The van der Waals surface area contributed by atoms with Crippen molar-refractivity contribution in [2.24, 2.45) is 5.73 Å². The van der Waals surface area contributed by atoms with Crippen LogP contribution in [0, 0.1) is 0 Å². The molecule has 19 heavy (non-hydrogen) atoms. The van der Waals surface area contributed by atoms with E-state index in [0.717, 1.165) is 34.9 Å². The molecule has 1 aromatic heterocycles. The van der Waals surface area contributed by atoms with Crippen LogP contribution in [0.1, 0.15) is 12.6 Å². The smallest absolute Gasteiger partial charge is 0.231 e. The lowest BCUT2D eigenvalue weighted by Crippen LogP contribution is -2.18. The maximum atomic E-state index is 5.81. The van der Waals surface area contributed by atoms with E-state index in [4.69, 9.17) is 15.2 Å². The van der Waals surface area contributed by atoms with Gasteiger partial charge in [-0.05, 0) is 37.3 Å². The largest absolute Gasteiger partial charge is 0.454 e. The van der Waals surface area contributed by atoms with Crippen LogP contribution in [0.3, 0.4) is 0 Å². The summed E-state index contributed by atoms with van der Waals surface area (Å²) in [7, 11) is 0. The number of ether oxygens (including phenoxy) is 2. The Bertz CT molecular complexity index is 596. The molecule has 2 aromatic rings. The Morgan fingerprint density at radius 3 is 2.89 bits per heavy atom. The Morgan fingerprint density at radius 2 is 2.05 bits per heavy atom. The van der Waals surface area contributed by atoms with Crippen molar-refractivity contribution in [1.82, 2.24) is 4.98 Å². The van der Waals surface area contributed by atoms with Crippen LogP contribution in [0.5, 0.6) is 11.5 Å². The molecule has 4 heteroatoms. The minimum Gasteiger partial charge on any atom is -0.454 e. The van der Waals surface area contributed by atoms with E-state index in [2.05, 4.69) is 4.98 Å². The topological polar surface area (TPSA) is 57.4 Å². The van der Waals surface area contributed by atoms with E-state index in [0.29, 0.717) is 0 Å². The summed E-state index contributed by atoms with van der Waals surface area (Å²) in [6.07, 6.45) is 0.776. The van der Waals surface area contributed by atoms with Gasteiger partial charge in [-0.3, -0.25) is 4.98 Å². The number of fused-ring (bicyclic) bond motifs is 1. The van der Waals surface area contributed by atoms with Crippen LogP contribution in [-0.4, -0.2) is 17.8 Å². The van der Waals surface area contributed by atoms with E-state index < -0.39 is 0 Å². The molecule has 0 radical (unpaired) electrons. The zero-order valence-corrected chi connectivity index (χ0v) is 10.8. The molecule has 0 spiro atoms. The first-order valence-electron chi connectivity index (χ1n) is 6.34. The van der Waals surface area contributed by atoms with Gasteiger partial charge in [-0.2, -0.15) is 0 Å². The summed E-state index contributed by atoms with van der Waals surface area (Å²) in [5.41, 5.74) is 8.77. The predicted molar refractivity (Wildman–Crippen MR) is 73.1 cm³/mol. The maximum absolute atomic E-state index is 5.81. The number of hydrogen-bond donors (Lipinski definition) is 1. The zero-order valence-electron chi connectivity index (χ0n) is 10.8. The average molecular weight is 256 g/mol. The van der Waals surface area contributed by atoms with E-state index >= 15 is 0 Å². The van der Waals surface area contributed by atoms with Crippen molar-refractivity contribution in [1.29, 1.82) is 0 Å². The fourth-order valence-corrected chi connectivity index (χ4v) is 2.14. The second kappa shape index (κ2) is 4.90. The molecule has 3 rings (SSSR count). The van der Waals surface area contributed by atoms with Gasteiger partial charge < -0.3 is 15.2 Å². The minimum atomic E-state index is 0.111. The quantitative estimate of drug-likeness (QED) is 0.916. The van der Waals surface area contributed by atoms with Gasteiger partial charge in [0.1, 0.15) is 0 Å². The highest BCUT2D eigenvalue weighted by Gasteiger charge is 2.14. The molecule has 4 nitrogen and oxygen atoms in total. The molecule has 2 N–H and O–H groups in total. The second-order valence-corrected chi connectivity index (χ2v) is 4.76. The summed E-state index contributed by atoms with van der Waals surface area (Å²) in [5, 5.41) is 0. The predicted octanol–water partition coefficient (Wildman–Crippen LogP) is 2.37. The Morgan fingerprint density at radius 1 is 1.21 bits per heavy atom. The normalized spacial score (nSPS) is 14.4. The fourth-order valence-electron chi connectivity index (χ4n) is 2.14. The third-order valence-electron chi connectivity index (χ3n) is 3.01. The second-order valence-electron chi connectivity index (χ2n) is 4.76. The SMILES string of the molecule is CC(N)Cc1cccc(-c2ccc3c(c2)OCO3)n1. The summed E-state index contributed by atoms with van der Waals surface area (Å²) in [4.78, 5) is 4.63. The molecule has 1 aromatic carbocycles. The van der Waals surface area contributed by atoms with Gasteiger partial charge in [0, 0.05) is 23.7 Å². The Labute approximate surface area is 112 Å². The maximum Gasteiger partial charge on any atom is 0.231 e. The van der Waals surface area contributed by atoms with Crippen molar-refractivity contribution < 1.29 is 9.47 Å². The van der Waals surface area contributed by atoms with Crippen LogP contribution in [0.4, 0.5) is 0 Å². The molecule has 0 fully saturated rings. The van der Waals surface area contributed by atoms with Crippen molar-refractivity contribution in [2.45, 2.75) is 19.4 Å². The minimum absolute atomic E-state index is 0.111. The highest BCUT2D eigenvalue weighted by Crippen LogP contribution is 2.35. The molecule has 0 saturated carbocycles. The number of pyridine rings is 1. The molecule has 1 aliphatic heterocycles. The lowest BCUT2D eigenvalue weighted by Gasteiger charge is -2.07. The molecule has 1 atom stereocenters. The first-order chi connectivity index (χ1) is 9.22. The molecule has 98 valence electrons. The molecule has 2 heterocycles. The van der Waals surface area contributed by atoms with Gasteiger partial charge >= 0.3 is 0 Å². The third kappa shape index (κ3) is 2.53. The van der Waals surface area contributed by atoms with Crippen molar-refractivity contribution in [3.05, 3.63) is 42.1 Å². The van der Waals surface area contributed by atoms with Crippen LogP contribution in [0.15, 0.2) is 36.4 Å². The lowest BCUT2D eigenvalue weighted by atomic mass is 10.1. The first-order valence-corrected chi connectivity index (χ1v) is 6.34. The standard InChI is InChI=1S/C15H16N2O2/c1-10(16)7-12-3-2-4-13(17-12)11-5-6-14-15(8-11)19-9-18-14/h2-6,8,10H,7,9,16H2,1H3. The van der Waals surface area contributed by atoms with Crippen molar-refractivity contribution in [3.63, 3.8) is 0 Å². The summed E-state index contributed by atoms with van der Waals surface area (Å²) >= 11 is 0. The highest BCUT2D eigenvalue weighted by molar-refractivity contribution is 5.64. The summed E-state index contributed by atoms with van der Waals surface area (Å²) in [6, 6.07) is 12.0. The van der Waals surface area contributed by atoms with Crippen LogP contribution in [0.25, 0.3) is 11.3 Å². The van der Waals surface area contributed by atoms with E-state index in [1.807, 2.05) is 43.3 Å². The average Bonchev–Trinajstić information content (AvgIpc) is 2.85. The van der Waals surface area contributed by atoms with Crippen LogP contribution < -0.4 is 15.2 Å². The number of rotatable bonds is 3. The van der Waals surface area contributed by atoms with Crippen molar-refractivity contribution in [2.75, 3.05) is 6.79 Å². The van der Waals surface area contributed by atoms with Gasteiger partial charge in [0.25, 0.3) is 0 Å². The van der Waals surface area contributed by atoms with Gasteiger partial charge in [-0.15, -0.1) is 0 Å². The molecule has 0 saturated heterocycles. The Hall–Kier alpha value is -2.07. The lowest BCUT2D eigenvalue weighted by molar-refractivity contribution is 0.174. The molecular formula is C15H16N2O2. The summed E-state index contributed by atoms with van der Waals surface area (Å²) in [5.74, 6) is 1.56. The van der Waals surface area contributed by atoms with Crippen molar-refractivity contribution in [3.8, 4) is 22.8 Å². The molecular weight excluding hydrogens is 240 g/mol. The number of benzene rings is 1. The van der Waals surface area contributed by atoms with Crippen LogP contribution in [-0.2, 0) is 6.42 Å². The van der Waals surface area contributed by atoms with Crippen LogP contribution >= 0.6 is 0 Å². The van der Waals surface area contributed by atoms with E-state index in [-0.39, 0.29) is 12.8 Å². The van der Waals surface area contributed by atoms with Gasteiger partial charge in [0.05, 0.1) is 5.69 Å². The fraction of sp³-hybridized carbons (Fsp3) is 0.267.